The van der Waals surface area contributed by atoms with Gasteiger partial charge in [0.2, 0.25) is 0 Å². The molecular formula is C19H22N4O2. The van der Waals surface area contributed by atoms with E-state index in [4.69, 9.17) is 4.74 Å². The molecule has 2 atom stereocenters. The number of aryl methyl sites for hydroxylation is 1. The van der Waals surface area contributed by atoms with Gasteiger partial charge in [-0.25, -0.2) is 9.97 Å². The van der Waals surface area contributed by atoms with Gasteiger partial charge in [0.25, 0.3) is 5.91 Å². The Balaban J connectivity index is 1.43. The number of rotatable bonds is 3. The zero-order chi connectivity index (χ0) is 17.4. The Kier molecular flexibility index (Phi) is 4.03. The fourth-order valence-electron chi connectivity index (χ4n) is 3.90. The zero-order valence-electron chi connectivity index (χ0n) is 14.6. The second-order valence-corrected chi connectivity index (χ2v) is 6.88. The second kappa shape index (κ2) is 6.35. The predicted molar refractivity (Wildman–Crippen MR) is 94.9 cm³/mol. The lowest BCUT2D eigenvalue weighted by molar-refractivity contribution is 0.0782. The molecule has 1 aromatic heterocycles. The molecule has 2 aromatic rings. The van der Waals surface area contributed by atoms with Crippen LogP contribution in [0.2, 0.25) is 0 Å². The summed E-state index contributed by atoms with van der Waals surface area (Å²) in [6.07, 6.45) is 1.62. The number of benzene rings is 1. The van der Waals surface area contributed by atoms with Crippen LogP contribution in [0.5, 0.6) is 5.75 Å². The standard InChI is InChI=1S/C19H22N4O2/c1-13-6-18(21-12-20-13)22-8-15-10-23(11-16(15)9-22)19(24)14-4-3-5-17(7-14)25-2/h3-7,12,15-16H,8-11H2,1-2H3. The summed E-state index contributed by atoms with van der Waals surface area (Å²) in [4.78, 5) is 25.6. The van der Waals surface area contributed by atoms with Crippen molar-refractivity contribution >= 4 is 11.7 Å². The van der Waals surface area contributed by atoms with Crippen LogP contribution in [-0.4, -0.2) is 54.1 Å². The smallest absolute Gasteiger partial charge is 0.254 e. The summed E-state index contributed by atoms with van der Waals surface area (Å²) in [5.74, 6) is 2.82. The van der Waals surface area contributed by atoms with Gasteiger partial charge in [-0.15, -0.1) is 0 Å². The molecule has 6 heteroatoms. The van der Waals surface area contributed by atoms with Crippen molar-refractivity contribution in [1.29, 1.82) is 0 Å². The molecule has 2 unspecified atom stereocenters. The Bertz CT molecular complexity index is 780. The quantitative estimate of drug-likeness (QED) is 0.857. The van der Waals surface area contributed by atoms with E-state index in [-0.39, 0.29) is 5.91 Å². The van der Waals surface area contributed by atoms with E-state index in [1.54, 1.807) is 13.4 Å². The highest BCUT2D eigenvalue weighted by Crippen LogP contribution is 2.34. The van der Waals surface area contributed by atoms with Crippen molar-refractivity contribution in [3.05, 3.63) is 47.9 Å². The molecule has 0 N–H and O–H groups in total. The number of carbonyl (C=O) groups is 1. The Morgan fingerprint density at radius 2 is 1.88 bits per heavy atom. The third kappa shape index (κ3) is 3.04. The van der Waals surface area contributed by atoms with Crippen LogP contribution in [0, 0.1) is 18.8 Å². The molecule has 0 saturated carbocycles. The normalized spacial score (nSPS) is 22.2. The minimum atomic E-state index is 0.0951. The van der Waals surface area contributed by atoms with Crippen LogP contribution in [-0.2, 0) is 0 Å². The summed E-state index contributed by atoms with van der Waals surface area (Å²) >= 11 is 0. The molecule has 1 aromatic carbocycles. The fourth-order valence-corrected chi connectivity index (χ4v) is 3.90. The molecular weight excluding hydrogens is 316 g/mol. The van der Waals surface area contributed by atoms with Crippen molar-refractivity contribution in [2.75, 3.05) is 38.2 Å². The number of likely N-dealkylation sites (tertiary alicyclic amines) is 1. The minimum absolute atomic E-state index is 0.0951. The first kappa shape index (κ1) is 15.9. The number of nitrogens with zero attached hydrogens (tertiary/aromatic N) is 4. The number of hydrogen-bond donors (Lipinski definition) is 0. The lowest BCUT2D eigenvalue weighted by atomic mass is 10.0. The van der Waals surface area contributed by atoms with Crippen LogP contribution < -0.4 is 9.64 Å². The summed E-state index contributed by atoms with van der Waals surface area (Å²) in [6, 6.07) is 9.42. The molecule has 25 heavy (non-hydrogen) atoms. The van der Waals surface area contributed by atoms with Gasteiger partial charge in [-0.3, -0.25) is 4.79 Å². The predicted octanol–water partition coefficient (Wildman–Crippen LogP) is 2.00. The van der Waals surface area contributed by atoms with Crippen molar-refractivity contribution in [3.8, 4) is 5.75 Å². The van der Waals surface area contributed by atoms with Crippen LogP contribution >= 0.6 is 0 Å². The maximum Gasteiger partial charge on any atom is 0.254 e. The first-order chi connectivity index (χ1) is 12.1. The summed E-state index contributed by atoms with van der Waals surface area (Å²) in [5.41, 5.74) is 1.68. The van der Waals surface area contributed by atoms with Crippen LogP contribution in [0.15, 0.2) is 36.7 Å². The number of aromatic nitrogens is 2. The number of anilines is 1. The number of hydrogen-bond acceptors (Lipinski definition) is 5. The van der Waals surface area contributed by atoms with Crippen molar-refractivity contribution in [2.24, 2.45) is 11.8 Å². The summed E-state index contributed by atoms with van der Waals surface area (Å²) in [5, 5.41) is 0. The van der Waals surface area contributed by atoms with E-state index in [1.807, 2.05) is 42.2 Å². The van der Waals surface area contributed by atoms with Gasteiger partial charge in [0, 0.05) is 55.3 Å². The van der Waals surface area contributed by atoms with Crippen molar-refractivity contribution in [1.82, 2.24) is 14.9 Å². The summed E-state index contributed by atoms with van der Waals surface area (Å²) < 4.78 is 5.23. The highest BCUT2D eigenvalue weighted by molar-refractivity contribution is 5.94. The van der Waals surface area contributed by atoms with Gasteiger partial charge >= 0.3 is 0 Å². The fraction of sp³-hybridized carbons (Fsp3) is 0.421. The maximum absolute atomic E-state index is 12.8. The van der Waals surface area contributed by atoms with Crippen LogP contribution in [0.25, 0.3) is 0 Å². The van der Waals surface area contributed by atoms with Crippen LogP contribution in [0.4, 0.5) is 5.82 Å². The molecule has 4 rings (SSSR count). The molecule has 2 saturated heterocycles. The molecule has 0 aliphatic carbocycles. The highest BCUT2D eigenvalue weighted by atomic mass is 16.5. The molecule has 130 valence electrons. The van der Waals surface area contributed by atoms with Gasteiger partial charge in [-0.05, 0) is 25.1 Å². The monoisotopic (exact) mass is 338 g/mol. The Morgan fingerprint density at radius 3 is 2.56 bits per heavy atom. The van der Waals surface area contributed by atoms with Gasteiger partial charge < -0.3 is 14.5 Å². The average molecular weight is 338 g/mol. The summed E-state index contributed by atoms with van der Waals surface area (Å²) in [6.45, 7) is 5.49. The third-order valence-corrected chi connectivity index (χ3v) is 5.20. The first-order valence-electron chi connectivity index (χ1n) is 8.61. The molecule has 2 fully saturated rings. The average Bonchev–Trinajstić information content (AvgIpc) is 3.20. The van der Waals surface area contributed by atoms with Gasteiger partial charge in [-0.1, -0.05) is 6.07 Å². The van der Waals surface area contributed by atoms with E-state index in [2.05, 4.69) is 14.9 Å². The van der Waals surface area contributed by atoms with Gasteiger partial charge in [0.05, 0.1) is 7.11 Å². The van der Waals surface area contributed by atoms with E-state index in [1.165, 1.54) is 0 Å². The van der Waals surface area contributed by atoms with Crippen molar-refractivity contribution < 1.29 is 9.53 Å². The number of ether oxygens (including phenoxy) is 1. The topological polar surface area (TPSA) is 58.6 Å². The van der Waals surface area contributed by atoms with E-state index >= 15 is 0 Å². The number of amides is 1. The van der Waals surface area contributed by atoms with E-state index in [0.29, 0.717) is 17.4 Å². The van der Waals surface area contributed by atoms with E-state index < -0.39 is 0 Å². The zero-order valence-corrected chi connectivity index (χ0v) is 14.6. The molecule has 0 bridgehead atoms. The molecule has 1 amide bonds. The number of fused-ring (bicyclic) bond motifs is 1. The van der Waals surface area contributed by atoms with Crippen LogP contribution in [0.1, 0.15) is 16.1 Å². The van der Waals surface area contributed by atoms with E-state index in [0.717, 1.165) is 43.4 Å². The van der Waals surface area contributed by atoms with E-state index in [9.17, 15) is 4.79 Å². The lowest BCUT2D eigenvalue weighted by Crippen LogP contribution is -2.33. The lowest BCUT2D eigenvalue weighted by Gasteiger charge is -2.22. The van der Waals surface area contributed by atoms with Crippen molar-refractivity contribution in [3.63, 3.8) is 0 Å². The minimum Gasteiger partial charge on any atom is -0.497 e. The maximum atomic E-state index is 12.8. The number of methoxy groups -OCH3 is 1. The van der Waals surface area contributed by atoms with Gasteiger partial charge in [0.15, 0.2) is 0 Å². The highest BCUT2D eigenvalue weighted by Gasteiger charge is 2.42. The summed E-state index contributed by atoms with van der Waals surface area (Å²) in [7, 11) is 1.62. The molecule has 6 nitrogen and oxygen atoms in total. The molecule has 2 aliphatic heterocycles. The Hall–Kier alpha value is -2.63. The Labute approximate surface area is 147 Å². The van der Waals surface area contributed by atoms with Crippen LogP contribution in [0.3, 0.4) is 0 Å². The molecule has 0 radical (unpaired) electrons. The Morgan fingerprint density at radius 1 is 1.12 bits per heavy atom. The second-order valence-electron chi connectivity index (χ2n) is 6.88. The largest absolute Gasteiger partial charge is 0.497 e. The van der Waals surface area contributed by atoms with Crippen molar-refractivity contribution in [2.45, 2.75) is 6.92 Å². The molecule has 0 spiro atoms. The van der Waals surface area contributed by atoms with Gasteiger partial charge in [-0.2, -0.15) is 0 Å². The molecule has 2 aliphatic rings. The molecule has 3 heterocycles. The third-order valence-electron chi connectivity index (χ3n) is 5.20. The SMILES string of the molecule is COc1cccc(C(=O)N2CC3CN(c4cc(C)ncn4)CC3C2)c1. The first-order valence-corrected chi connectivity index (χ1v) is 8.61. The number of carbonyl (C=O) groups excluding carboxylic acids is 1. The van der Waals surface area contributed by atoms with Gasteiger partial charge in [0.1, 0.15) is 17.9 Å².